The third-order valence-electron chi connectivity index (χ3n) is 4.66. The maximum atomic E-state index is 12.2. The number of nitrogens with one attached hydrogen (secondary N) is 1. The minimum Gasteiger partial charge on any atom is -0.389 e. The van der Waals surface area contributed by atoms with Crippen LogP contribution in [-0.4, -0.2) is 34.7 Å². The average Bonchev–Trinajstić information content (AvgIpc) is 2.96. The quantitative estimate of drug-likeness (QED) is 0.893. The zero-order chi connectivity index (χ0) is 15.4. The van der Waals surface area contributed by atoms with Crippen molar-refractivity contribution in [2.45, 2.75) is 63.4 Å². The van der Waals surface area contributed by atoms with Gasteiger partial charge < -0.3 is 15.3 Å². The van der Waals surface area contributed by atoms with Gasteiger partial charge in [-0.15, -0.1) is 11.3 Å². The molecule has 0 spiro atoms. The van der Waals surface area contributed by atoms with Gasteiger partial charge in [-0.3, -0.25) is 4.79 Å². The molecule has 0 radical (unpaired) electrons. The van der Waals surface area contributed by atoms with Crippen LogP contribution in [0.25, 0.3) is 0 Å². The Morgan fingerprint density at radius 1 is 1.23 bits per heavy atom. The zero-order valence-electron chi connectivity index (χ0n) is 13.0. The van der Waals surface area contributed by atoms with Crippen molar-refractivity contribution in [2.75, 3.05) is 23.3 Å². The fourth-order valence-electron chi connectivity index (χ4n) is 3.42. The number of hydrogen-bond donors (Lipinski definition) is 2. The summed E-state index contributed by atoms with van der Waals surface area (Å²) in [5.74, 6) is 0.495. The van der Waals surface area contributed by atoms with Crippen molar-refractivity contribution in [3.05, 3.63) is 5.38 Å². The van der Waals surface area contributed by atoms with Gasteiger partial charge in [0.25, 0.3) is 0 Å². The highest BCUT2D eigenvalue weighted by Crippen LogP contribution is 2.31. The molecule has 1 amide bonds. The number of aliphatic hydroxyl groups is 1. The lowest BCUT2D eigenvalue weighted by Crippen LogP contribution is -2.36. The topological polar surface area (TPSA) is 65.5 Å². The van der Waals surface area contributed by atoms with Crippen LogP contribution in [0.4, 0.5) is 10.9 Å². The van der Waals surface area contributed by atoms with E-state index in [0.29, 0.717) is 5.82 Å². The molecule has 0 atom stereocenters. The molecule has 1 aromatic rings. The Kier molecular flexibility index (Phi) is 4.98. The SMILES string of the molecule is O=C(CC1(O)CCCCC1)Nc1csc(N2CCCCC2)n1. The summed E-state index contributed by atoms with van der Waals surface area (Å²) >= 11 is 1.58. The number of anilines is 2. The molecule has 22 heavy (non-hydrogen) atoms. The number of rotatable bonds is 4. The molecule has 3 rings (SSSR count). The predicted octanol–water partition coefficient (Wildman–Crippen LogP) is 3.16. The molecule has 1 aliphatic heterocycles. The molecule has 2 fully saturated rings. The lowest BCUT2D eigenvalue weighted by Gasteiger charge is -2.31. The van der Waals surface area contributed by atoms with E-state index in [0.717, 1.165) is 50.3 Å². The highest BCUT2D eigenvalue weighted by molar-refractivity contribution is 7.14. The fraction of sp³-hybridized carbons (Fsp3) is 0.750. The van der Waals surface area contributed by atoms with E-state index >= 15 is 0 Å². The lowest BCUT2D eigenvalue weighted by atomic mass is 9.82. The van der Waals surface area contributed by atoms with Gasteiger partial charge in [-0.05, 0) is 32.1 Å². The van der Waals surface area contributed by atoms with Gasteiger partial charge in [0.05, 0.1) is 12.0 Å². The first-order valence-electron chi connectivity index (χ1n) is 8.37. The second kappa shape index (κ2) is 6.96. The van der Waals surface area contributed by atoms with E-state index in [-0.39, 0.29) is 12.3 Å². The molecule has 2 N–H and O–H groups in total. The number of piperidine rings is 1. The average molecular weight is 323 g/mol. The number of amides is 1. The number of hydrogen-bond acceptors (Lipinski definition) is 5. The number of thiazole rings is 1. The normalized spacial score (nSPS) is 21.6. The maximum absolute atomic E-state index is 12.2. The van der Waals surface area contributed by atoms with Gasteiger partial charge >= 0.3 is 0 Å². The van der Waals surface area contributed by atoms with Crippen LogP contribution in [0.3, 0.4) is 0 Å². The van der Waals surface area contributed by atoms with E-state index in [2.05, 4.69) is 15.2 Å². The lowest BCUT2D eigenvalue weighted by molar-refractivity contribution is -0.122. The van der Waals surface area contributed by atoms with E-state index in [1.807, 2.05) is 5.38 Å². The first-order chi connectivity index (χ1) is 10.6. The van der Waals surface area contributed by atoms with Crippen molar-refractivity contribution in [1.82, 2.24) is 4.98 Å². The number of nitrogens with zero attached hydrogens (tertiary/aromatic N) is 2. The van der Waals surface area contributed by atoms with Crippen LogP contribution in [0, 0.1) is 0 Å². The Hall–Kier alpha value is -1.14. The minimum absolute atomic E-state index is 0.125. The van der Waals surface area contributed by atoms with Crippen molar-refractivity contribution >= 4 is 28.2 Å². The summed E-state index contributed by atoms with van der Waals surface area (Å²) in [5.41, 5.74) is -0.811. The van der Waals surface area contributed by atoms with E-state index in [1.165, 1.54) is 19.3 Å². The molecule has 2 aliphatic rings. The summed E-state index contributed by atoms with van der Waals surface area (Å²) in [6, 6.07) is 0. The van der Waals surface area contributed by atoms with Gasteiger partial charge in [-0.25, -0.2) is 4.98 Å². The third kappa shape index (κ3) is 3.98. The van der Waals surface area contributed by atoms with Crippen molar-refractivity contribution in [3.8, 4) is 0 Å². The van der Waals surface area contributed by atoms with Crippen molar-refractivity contribution in [2.24, 2.45) is 0 Å². The molecule has 1 saturated heterocycles. The Morgan fingerprint density at radius 2 is 1.91 bits per heavy atom. The smallest absolute Gasteiger partial charge is 0.228 e. The van der Waals surface area contributed by atoms with Crippen LogP contribution in [0.5, 0.6) is 0 Å². The van der Waals surface area contributed by atoms with Gasteiger partial charge in [0.1, 0.15) is 5.82 Å². The summed E-state index contributed by atoms with van der Waals surface area (Å²) in [4.78, 5) is 19.0. The first kappa shape index (κ1) is 15.7. The molecule has 1 aliphatic carbocycles. The van der Waals surface area contributed by atoms with Crippen molar-refractivity contribution in [1.29, 1.82) is 0 Å². The highest BCUT2D eigenvalue weighted by Gasteiger charge is 2.31. The van der Waals surface area contributed by atoms with Gasteiger partial charge in [0.15, 0.2) is 5.13 Å². The van der Waals surface area contributed by atoms with E-state index < -0.39 is 5.60 Å². The number of aromatic nitrogens is 1. The standard InChI is InChI=1S/C16H25N3O2S/c20-14(11-16(21)7-3-1-4-8-16)17-13-12-22-15(18-13)19-9-5-2-6-10-19/h12,21H,1-11H2,(H,17,20). The molecule has 2 heterocycles. The summed E-state index contributed by atoms with van der Waals surface area (Å²) in [6.45, 7) is 2.11. The predicted molar refractivity (Wildman–Crippen MR) is 89.5 cm³/mol. The van der Waals surface area contributed by atoms with Crippen LogP contribution in [0.15, 0.2) is 5.38 Å². The van der Waals surface area contributed by atoms with Gasteiger partial charge in [-0.2, -0.15) is 0 Å². The van der Waals surface area contributed by atoms with Crippen LogP contribution in [-0.2, 0) is 4.79 Å². The molecule has 1 aromatic heterocycles. The first-order valence-corrected chi connectivity index (χ1v) is 9.25. The molecule has 5 nitrogen and oxygen atoms in total. The zero-order valence-corrected chi connectivity index (χ0v) is 13.8. The number of carbonyl (C=O) groups is 1. The Labute approximate surface area is 135 Å². The molecule has 0 bridgehead atoms. The highest BCUT2D eigenvalue weighted by atomic mass is 32.1. The molecule has 1 saturated carbocycles. The third-order valence-corrected chi connectivity index (χ3v) is 5.56. The van der Waals surface area contributed by atoms with Crippen LogP contribution < -0.4 is 10.2 Å². The minimum atomic E-state index is -0.811. The van der Waals surface area contributed by atoms with Gasteiger partial charge in [0, 0.05) is 18.5 Å². The van der Waals surface area contributed by atoms with Crippen LogP contribution >= 0.6 is 11.3 Å². The monoisotopic (exact) mass is 323 g/mol. The summed E-state index contributed by atoms with van der Waals surface area (Å²) in [6.07, 6.45) is 8.57. The van der Waals surface area contributed by atoms with E-state index in [1.54, 1.807) is 11.3 Å². The molecule has 6 heteroatoms. The van der Waals surface area contributed by atoms with E-state index in [4.69, 9.17) is 0 Å². The molecule has 0 aromatic carbocycles. The maximum Gasteiger partial charge on any atom is 0.228 e. The van der Waals surface area contributed by atoms with Crippen LogP contribution in [0.1, 0.15) is 57.8 Å². The van der Waals surface area contributed by atoms with Crippen LogP contribution in [0.2, 0.25) is 0 Å². The van der Waals surface area contributed by atoms with Gasteiger partial charge in [-0.1, -0.05) is 19.3 Å². The van der Waals surface area contributed by atoms with Gasteiger partial charge in [0.2, 0.25) is 5.91 Å². The molecular formula is C16H25N3O2S. The molecule has 122 valence electrons. The Bertz CT molecular complexity index is 505. The number of carbonyl (C=O) groups excluding carboxylic acids is 1. The Balaban J connectivity index is 1.54. The fourth-order valence-corrected chi connectivity index (χ4v) is 4.24. The Morgan fingerprint density at radius 3 is 2.64 bits per heavy atom. The summed E-state index contributed by atoms with van der Waals surface area (Å²) < 4.78 is 0. The van der Waals surface area contributed by atoms with Crippen molar-refractivity contribution in [3.63, 3.8) is 0 Å². The summed E-state index contributed by atoms with van der Waals surface area (Å²) in [7, 11) is 0. The van der Waals surface area contributed by atoms with E-state index in [9.17, 15) is 9.90 Å². The second-order valence-electron chi connectivity index (χ2n) is 6.57. The molecular weight excluding hydrogens is 298 g/mol. The summed E-state index contributed by atoms with van der Waals surface area (Å²) in [5, 5.41) is 16.2. The molecule has 0 unspecified atom stereocenters. The second-order valence-corrected chi connectivity index (χ2v) is 7.41. The largest absolute Gasteiger partial charge is 0.389 e. The van der Waals surface area contributed by atoms with Crippen molar-refractivity contribution < 1.29 is 9.90 Å².